The molecule has 0 fully saturated rings. The molecule has 216 valence electrons. The summed E-state index contributed by atoms with van der Waals surface area (Å²) in [6.07, 6.45) is 4.03. The van der Waals surface area contributed by atoms with Crippen LogP contribution in [0, 0.1) is 0 Å². The molecule has 6 nitrogen and oxygen atoms in total. The maximum absolute atomic E-state index is 6.50. The first-order valence-corrected chi connectivity index (χ1v) is 15.2. The minimum absolute atomic E-state index is 0.0194. The molecule has 2 aliphatic heterocycles. The van der Waals surface area contributed by atoms with Crippen LogP contribution in [0.15, 0.2) is 97.3 Å². The predicted octanol–water partition coefficient (Wildman–Crippen LogP) is 7.83. The molecule has 0 bridgehead atoms. The molecule has 0 saturated heterocycles. The second-order valence-corrected chi connectivity index (χ2v) is 12.3. The highest BCUT2D eigenvalue weighted by Gasteiger charge is 2.38. The zero-order valence-corrected chi connectivity index (χ0v) is 25.8. The fraction of sp³-hybridized carbons (Fsp3) is 0.250. The van der Waals surface area contributed by atoms with Crippen molar-refractivity contribution < 1.29 is 4.74 Å². The number of rotatable bonds is 6. The Labute approximate surface area is 255 Å². The molecule has 1 aromatic heterocycles. The van der Waals surface area contributed by atoms with E-state index in [-0.39, 0.29) is 6.98 Å². The molecule has 43 heavy (non-hydrogen) atoms. The summed E-state index contributed by atoms with van der Waals surface area (Å²) in [6.45, 7) is 9.96. The minimum Gasteiger partial charge on any atom is -0.457 e. The number of aromatic nitrogens is 2. The van der Waals surface area contributed by atoms with Gasteiger partial charge in [-0.2, -0.15) is 0 Å². The van der Waals surface area contributed by atoms with Gasteiger partial charge >= 0.3 is 6.98 Å². The topological polar surface area (TPSA) is 36.8 Å². The van der Waals surface area contributed by atoms with Gasteiger partial charge in [0.25, 0.3) is 0 Å². The lowest BCUT2D eigenvalue weighted by molar-refractivity contribution is 0.483. The number of hydrogen-bond donors (Lipinski definition) is 0. The Bertz CT molecular complexity index is 1790. The first-order valence-electron chi connectivity index (χ1n) is 15.2. The Morgan fingerprint density at radius 1 is 0.744 bits per heavy atom. The summed E-state index contributed by atoms with van der Waals surface area (Å²) in [5.41, 5.74) is 9.92. The third-order valence-electron chi connectivity index (χ3n) is 8.87. The fourth-order valence-electron chi connectivity index (χ4n) is 6.79. The molecule has 7 rings (SSSR count). The van der Waals surface area contributed by atoms with Gasteiger partial charge in [0.2, 0.25) is 0 Å². The van der Waals surface area contributed by atoms with Gasteiger partial charge in [0.15, 0.2) is 0 Å². The smallest absolute Gasteiger partial charge is 0.417 e. The largest absolute Gasteiger partial charge is 0.457 e. The molecule has 2 aliphatic rings. The first-order chi connectivity index (χ1) is 20.8. The Hall–Kier alpha value is -4.65. The Balaban J connectivity index is 1.23. The molecule has 5 aromatic rings. The summed E-state index contributed by atoms with van der Waals surface area (Å²) < 4.78 is 8.82. The number of ether oxygens (including phenoxy) is 1. The van der Waals surface area contributed by atoms with E-state index in [1.54, 1.807) is 0 Å². The molecule has 7 heteroatoms. The number of para-hydroxylation sites is 2. The predicted molar refractivity (Wildman–Crippen MR) is 180 cm³/mol. The van der Waals surface area contributed by atoms with Crippen molar-refractivity contribution in [3.8, 4) is 22.9 Å². The van der Waals surface area contributed by atoms with Crippen molar-refractivity contribution in [3.05, 3.63) is 108 Å². The van der Waals surface area contributed by atoms with E-state index in [0.717, 1.165) is 40.9 Å². The third-order valence-corrected chi connectivity index (χ3v) is 8.87. The van der Waals surface area contributed by atoms with Crippen molar-refractivity contribution in [1.82, 2.24) is 9.46 Å². The van der Waals surface area contributed by atoms with Crippen LogP contribution in [0.2, 0.25) is 0 Å². The number of fused-ring (bicyclic) bond motifs is 4. The number of nitrogens with zero attached hydrogens (tertiary/aromatic N) is 5. The standard InChI is InChI=1S/C36H38BN5O/c1-24(2)29-13-10-14-30(25(3)4)35(29)37-40(6)32-18-17-28(22-31(32)36-38-19-20-42(36)37)43-27-12-9-11-26(21-27)41-23-39(5)33-15-7-8-16-34(33)41/h7-22,24-25H,23H2,1-6H3. The van der Waals surface area contributed by atoms with E-state index in [4.69, 9.17) is 9.72 Å². The van der Waals surface area contributed by atoms with Crippen LogP contribution in [0.25, 0.3) is 11.4 Å². The third kappa shape index (κ3) is 4.55. The van der Waals surface area contributed by atoms with E-state index < -0.39 is 0 Å². The molecule has 0 N–H and O–H groups in total. The molecule has 3 heterocycles. The monoisotopic (exact) mass is 567 g/mol. The van der Waals surface area contributed by atoms with Crippen LogP contribution in [0.3, 0.4) is 0 Å². The van der Waals surface area contributed by atoms with Gasteiger partial charge in [0.05, 0.1) is 18.0 Å². The maximum atomic E-state index is 6.50. The molecule has 0 spiro atoms. The summed E-state index contributed by atoms with van der Waals surface area (Å²) in [5, 5.41) is 0. The zero-order valence-electron chi connectivity index (χ0n) is 25.8. The highest BCUT2D eigenvalue weighted by Crippen LogP contribution is 2.42. The molecule has 0 unspecified atom stereocenters. The van der Waals surface area contributed by atoms with Gasteiger partial charge in [0.1, 0.15) is 17.3 Å². The van der Waals surface area contributed by atoms with E-state index in [1.165, 1.54) is 28.0 Å². The average Bonchev–Trinajstić information content (AvgIpc) is 3.62. The molecule has 0 atom stereocenters. The van der Waals surface area contributed by atoms with Crippen molar-refractivity contribution in [3.63, 3.8) is 0 Å². The molecule has 0 aliphatic carbocycles. The summed E-state index contributed by atoms with van der Waals surface area (Å²) in [7, 11) is 4.32. The van der Waals surface area contributed by atoms with Crippen LogP contribution in [0.1, 0.15) is 50.7 Å². The average molecular weight is 568 g/mol. The first kappa shape index (κ1) is 27.2. The van der Waals surface area contributed by atoms with Gasteiger partial charge in [-0.25, -0.2) is 4.98 Å². The molecule has 0 radical (unpaired) electrons. The van der Waals surface area contributed by atoms with E-state index in [1.807, 2.05) is 12.3 Å². The summed E-state index contributed by atoms with van der Waals surface area (Å²) in [6, 6.07) is 30.0. The van der Waals surface area contributed by atoms with Crippen LogP contribution < -0.4 is 24.8 Å². The van der Waals surface area contributed by atoms with Crippen LogP contribution >= 0.6 is 0 Å². The number of imidazole rings is 1. The fourth-order valence-corrected chi connectivity index (χ4v) is 6.79. The van der Waals surface area contributed by atoms with Crippen molar-refractivity contribution in [2.75, 3.05) is 35.4 Å². The normalized spacial score (nSPS) is 14.0. The Morgan fingerprint density at radius 3 is 2.19 bits per heavy atom. The van der Waals surface area contributed by atoms with Gasteiger partial charge in [-0.15, -0.1) is 0 Å². The van der Waals surface area contributed by atoms with Crippen LogP contribution in [0.4, 0.5) is 22.7 Å². The minimum atomic E-state index is 0.0194. The van der Waals surface area contributed by atoms with E-state index >= 15 is 0 Å². The number of anilines is 4. The highest BCUT2D eigenvalue weighted by molar-refractivity contribution is 6.77. The SMILES string of the molecule is CC(C)c1cccc(C(C)C)c1B1N(C)c2ccc(Oc3cccc(N4CN(C)c5ccccc54)c3)cc2-c2nccn21. The van der Waals surface area contributed by atoms with Gasteiger partial charge in [0, 0.05) is 42.4 Å². The van der Waals surface area contributed by atoms with Crippen LogP contribution in [0.5, 0.6) is 11.5 Å². The van der Waals surface area contributed by atoms with E-state index in [0.29, 0.717) is 11.8 Å². The quantitative estimate of drug-likeness (QED) is 0.196. The lowest BCUT2D eigenvalue weighted by atomic mass is 9.58. The highest BCUT2D eigenvalue weighted by atomic mass is 16.5. The Kier molecular flexibility index (Phi) is 6.68. The number of benzene rings is 4. The molecule has 0 amide bonds. The van der Waals surface area contributed by atoms with Crippen LogP contribution in [-0.2, 0) is 0 Å². The zero-order chi connectivity index (χ0) is 29.8. The molecule has 0 saturated carbocycles. The second kappa shape index (κ2) is 10.6. The second-order valence-electron chi connectivity index (χ2n) is 12.3. The summed E-state index contributed by atoms with van der Waals surface area (Å²) in [4.78, 5) is 11.8. The summed E-state index contributed by atoms with van der Waals surface area (Å²) >= 11 is 0. The van der Waals surface area contributed by atoms with Crippen molar-refractivity contribution >= 4 is 35.2 Å². The lowest BCUT2D eigenvalue weighted by Gasteiger charge is -2.37. The van der Waals surface area contributed by atoms with E-state index in [9.17, 15) is 0 Å². The van der Waals surface area contributed by atoms with Crippen molar-refractivity contribution in [2.24, 2.45) is 0 Å². The Morgan fingerprint density at radius 2 is 1.44 bits per heavy atom. The van der Waals surface area contributed by atoms with Crippen LogP contribution in [-0.4, -0.2) is 37.2 Å². The van der Waals surface area contributed by atoms with Crippen molar-refractivity contribution in [2.45, 2.75) is 39.5 Å². The molecule has 4 aromatic carbocycles. The van der Waals surface area contributed by atoms with E-state index in [2.05, 4.69) is 146 Å². The lowest BCUT2D eigenvalue weighted by Crippen LogP contribution is -2.56. The molecular formula is C36H38BN5O. The van der Waals surface area contributed by atoms with Crippen molar-refractivity contribution in [1.29, 1.82) is 0 Å². The summed E-state index contributed by atoms with van der Waals surface area (Å²) in [5.74, 6) is 3.39. The number of hydrogen-bond acceptors (Lipinski definition) is 5. The van der Waals surface area contributed by atoms with Gasteiger partial charge in [-0.05, 0) is 77.9 Å². The van der Waals surface area contributed by atoms with Gasteiger partial charge in [-0.3, -0.25) is 0 Å². The van der Waals surface area contributed by atoms with Gasteiger partial charge in [-0.1, -0.05) is 64.1 Å². The van der Waals surface area contributed by atoms with Gasteiger partial charge < -0.3 is 23.8 Å². The molecular weight excluding hydrogens is 529 g/mol. The maximum Gasteiger partial charge on any atom is 0.417 e.